The van der Waals surface area contributed by atoms with Gasteiger partial charge in [0.15, 0.2) is 0 Å². The van der Waals surface area contributed by atoms with Crippen molar-refractivity contribution in [2.24, 2.45) is 0 Å². The van der Waals surface area contributed by atoms with E-state index >= 15 is 0 Å². The molecule has 1 unspecified atom stereocenters. The van der Waals surface area contributed by atoms with E-state index < -0.39 is 24.1 Å². The maximum absolute atomic E-state index is 12.4. The van der Waals surface area contributed by atoms with E-state index in [4.69, 9.17) is 16.9 Å². The van der Waals surface area contributed by atoms with E-state index in [1.54, 1.807) is 6.92 Å². The molecule has 7 heteroatoms. The van der Waals surface area contributed by atoms with Crippen molar-refractivity contribution in [2.75, 3.05) is 11.4 Å². The fourth-order valence-electron chi connectivity index (χ4n) is 2.87. The SMILES string of the molecule is Cc1c(N2C(=O)C3[C@H](O)CCN3C2=O)ccc(C#N)c1Cl. The first kappa shape index (κ1) is 13.9. The van der Waals surface area contributed by atoms with E-state index in [-0.39, 0.29) is 10.6 Å². The number of carbonyl (C=O) groups is 2. The van der Waals surface area contributed by atoms with Gasteiger partial charge >= 0.3 is 6.03 Å². The summed E-state index contributed by atoms with van der Waals surface area (Å²) >= 11 is 6.09. The summed E-state index contributed by atoms with van der Waals surface area (Å²) in [6.07, 6.45) is -0.427. The second-order valence-corrected chi connectivity index (χ2v) is 5.51. The zero-order valence-electron chi connectivity index (χ0n) is 11.2. The van der Waals surface area contributed by atoms with Crippen LogP contribution in [0.2, 0.25) is 5.02 Å². The highest BCUT2D eigenvalue weighted by Crippen LogP contribution is 2.36. The Bertz CT molecular complexity index is 697. The Balaban J connectivity index is 2.07. The van der Waals surface area contributed by atoms with Crippen LogP contribution in [0.5, 0.6) is 0 Å². The van der Waals surface area contributed by atoms with Crippen LogP contribution in [-0.4, -0.2) is 40.6 Å². The quantitative estimate of drug-likeness (QED) is 0.795. The van der Waals surface area contributed by atoms with Crippen LogP contribution in [0.15, 0.2) is 12.1 Å². The van der Waals surface area contributed by atoms with Crippen molar-refractivity contribution in [1.82, 2.24) is 4.90 Å². The summed E-state index contributed by atoms with van der Waals surface area (Å²) in [6.45, 7) is 2.01. The molecule has 2 fully saturated rings. The Labute approximate surface area is 126 Å². The molecule has 0 radical (unpaired) electrons. The second kappa shape index (κ2) is 4.72. The Hall–Kier alpha value is -2.10. The van der Waals surface area contributed by atoms with Crippen molar-refractivity contribution in [3.8, 4) is 6.07 Å². The van der Waals surface area contributed by atoms with Gasteiger partial charge in [-0.05, 0) is 31.0 Å². The lowest BCUT2D eigenvalue weighted by Gasteiger charge is -2.18. The monoisotopic (exact) mass is 305 g/mol. The number of carbonyl (C=O) groups excluding carboxylic acids is 2. The molecule has 2 aliphatic heterocycles. The van der Waals surface area contributed by atoms with Crippen molar-refractivity contribution >= 4 is 29.2 Å². The lowest BCUT2D eigenvalue weighted by molar-refractivity contribution is -0.121. The molecule has 1 aromatic carbocycles. The number of halogens is 1. The molecule has 0 aromatic heterocycles. The van der Waals surface area contributed by atoms with Crippen LogP contribution in [0, 0.1) is 18.3 Å². The molecule has 21 heavy (non-hydrogen) atoms. The molecule has 0 aliphatic carbocycles. The minimum Gasteiger partial charge on any atom is -0.390 e. The van der Waals surface area contributed by atoms with E-state index in [9.17, 15) is 14.7 Å². The van der Waals surface area contributed by atoms with Crippen molar-refractivity contribution in [1.29, 1.82) is 5.26 Å². The van der Waals surface area contributed by atoms with Crippen LogP contribution in [0.25, 0.3) is 0 Å². The van der Waals surface area contributed by atoms with Gasteiger partial charge in [-0.1, -0.05) is 11.6 Å². The number of amides is 3. The molecule has 1 aromatic rings. The molecular weight excluding hydrogens is 294 g/mol. The Morgan fingerprint density at radius 3 is 2.76 bits per heavy atom. The average molecular weight is 306 g/mol. The third-order valence-electron chi connectivity index (χ3n) is 4.00. The van der Waals surface area contributed by atoms with Gasteiger partial charge in [0.25, 0.3) is 5.91 Å². The molecule has 3 rings (SSSR count). The third kappa shape index (κ3) is 1.82. The summed E-state index contributed by atoms with van der Waals surface area (Å²) in [7, 11) is 0. The lowest BCUT2D eigenvalue weighted by Crippen LogP contribution is -2.36. The van der Waals surface area contributed by atoms with E-state index in [0.29, 0.717) is 24.2 Å². The number of fused-ring (bicyclic) bond motifs is 1. The van der Waals surface area contributed by atoms with Gasteiger partial charge in [-0.3, -0.25) is 4.79 Å². The summed E-state index contributed by atoms with van der Waals surface area (Å²) in [6, 6.07) is 3.69. The van der Waals surface area contributed by atoms with Crippen molar-refractivity contribution < 1.29 is 14.7 Å². The number of benzene rings is 1. The van der Waals surface area contributed by atoms with Gasteiger partial charge in [0.2, 0.25) is 0 Å². The summed E-state index contributed by atoms with van der Waals surface area (Å²) in [4.78, 5) is 27.2. The van der Waals surface area contributed by atoms with Gasteiger partial charge in [0, 0.05) is 6.54 Å². The fraction of sp³-hybridized carbons (Fsp3) is 0.357. The first-order chi connectivity index (χ1) is 9.97. The number of rotatable bonds is 1. The summed E-state index contributed by atoms with van der Waals surface area (Å²) in [5, 5.41) is 19.0. The number of nitriles is 1. The number of aliphatic hydroxyl groups excluding tert-OH is 1. The molecular formula is C14H12ClN3O3. The highest BCUT2D eigenvalue weighted by atomic mass is 35.5. The number of aliphatic hydroxyl groups is 1. The van der Waals surface area contributed by atoms with Crippen LogP contribution in [0.1, 0.15) is 17.5 Å². The number of nitrogens with zero attached hydrogens (tertiary/aromatic N) is 3. The normalized spacial score (nSPS) is 24.5. The largest absolute Gasteiger partial charge is 0.390 e. The standard InChI is InChI=1S/C14H12ClN3O3/c1-7-9(3-2-8(6-16)11(7)15)18-13(20)12-10(19)4-5-17(12)14(18)21/h2-3,10,12,19H,4-5H2,1H3/t10-,12?/m1/s1. The predicted molar refractivity (Wildman–Crippen MR) is 74.9 cm³/mol. The van der Waals surface area contributed by atoms with Crippen molar-refractivity contribution in [3.63, 3.8) is 0 Å². The molecule has 2 heterocycles. The zero-order chi connectivity index (χ0) is 15.3. The Kier molecular flexibility index (Phi) is 3.12. The highest BCUT2D eigenvalue weighted by molar-refractivity contribution is 6.33. The van der Waals surface area contributed by atoms with E-state index in [1.807, 2.05) is 6.07 Å². The van der Waals surface area contributed by atoms with E-state index in [0.717, 1.165) is 4.90 Å². The highest BCUT2D eigenvalue weighted by Gasteiger charge is 2.52. The molecule has 3 amide bonds. The number of urea groups is 1. The molecule has 0 bridgehead atoms. The topological polar surface area (TPSA) is 84.6 Å². The second-order valence-electron chi connectivity index (χ2n) is 5.13. The van der Waals surface area contributed by atoms with E-state index in [2.05, 4.69) is 0 Å². The summed E-state index contributed by atoms with van der Waals surface area (Å²) in [5.41, 5.74) is 1.14. The van der Waals surface area contributed by atoms with Crippen LogP contribution in [0.4, 0.5) is 10.5 Å². The predicted octanol–water partition coefficient (Wildman–Crippen LogP) is 1.42. The van der Waals surface area contributed by atoms with Crippen LogP contribution in [0.3, 0.4) is 0 Å². The molecule has 2 saturated heterocycles. The fourth-order valence-corrected chi connectivity index (χ4v) is 3.07. The van der Waals surface area contributed by atoms with Crippen molar-refractivity contribution in [3.05, 3.63) is 28.3 Å². The number of hydrogen-bond acceptors (Lipinski definition) is 4. The molecule has 108 valence electrons. The molecule has 2 aliphatic rings. The third-order valence-corrected chi connectivity index (χ3v) is 4.48. The Morgan fingerprint density at radius 2 is 2.14 bits per heavy atom. The molecule has 0 spiro atoms. The smallest absolute Gasteiger partial charge is 0.332 e. The minimum absolute atomic E-state index is 0.225. The first-order valence-electron chi connectivity index (χ1n) is 6.49. The first-order valence-corrected chi connectivity index (χ1v) is 6.87. The van der Waals surface area contributed by atoms with Gasteiger partial charge in [0.1, 0.15) is 12.1 Å². The number of anilines is 1. The molecule has 6 nitrogen and oxygen atoms in total. The van der Waals surface area contributed by atoms with Crippen LogP contribution >= 0.6 is 11.6 Å². The number of hydrogen-bond donors (Lipinski definition) is 1. The summed E-state index contributed by atoms with van der Waals surface area (Å²) in [5.74, 6) is -0.450. The molecule has 0 saturated carbocycles. The minimum atomic E-state index is -0.833. The summed E-state index contributed by atoms with van der Waals surface area (Å²) < 4.78 is 0. The lowest BCUT2D eigenvalue weighted by atomic mass is 10.1. The number of imide groups is 1. The van der Waals surface area contributed by atoms with E-state index in [1.165, 1.54) is 17.0 Å². The maximum atomic E-state index is 12.4. The maximum Gasteiger partial charge on any atom is 0.332 e. The van der Waals surface area contributed by atoms with Gasteiger partial charge in [0.05, 0.1) is 22.4 Å². The average Bonchev–Trinajstić information content (AvgIpc) is 2.95. The molecule has 2 atom stereocenters. The van der Waals surface area contributed by atoms with Gasteiger partial charge in [-0.2, -0.15) is 5.26 Å². The van der Waals surface area contributed by atoms with Gasteiger partial charge in [-0.25, -0.2) is 9.69 Å². The molecule has 1 N–H and O–H groups in total. The van der Waals surface area contributed by atoms with Crippen molar-refractivity contribution in [2.45, 2.75) is 25.5 Å². The van der Waals surface area contributed by atoms with Gasteiger partial charge < -0.3 is 10.0 Å². The van der Waals surface area contributed by atoms with Crippen LogP contribution < -0.4 is 4.90 Å². The van der Waals surface area contributed by atoms with Gasteiger partial charge in [-0.15, -0.1) is 0 Å². The Morgan fingerprint density at radius 1 is 1.43 bits per heavy atom. The van der Waals surface area contributed by atoms with Crippen LogP contribution in [-0.2, 0) is 4.79 Å². The zero-order valence-corrected chi connectivity index (χ0v) is 12.0.